The number of nitrogens with zero attached hydrogens (tertiary/aromatic N) is 1. The molecule has 35 heavy (non-hydrogen) atoms. The van der Waals surface area contributed by atoms with E-state index < -0.39 is 11.6 Å². The average molecular weight is 476 g/mol. The van der Waals surface area contributed by atoms with E-state index in [2.05, 4.69) is 15.5 Å². The highest BCUT2D eigenvalue weighted by Gasteiger charge is 2.39. The molecule has 0 aromatic heterocycles. The monoisotopic (exact) mass is 475 g/mol. The van der Waals surface area contributed by atoms with E-state index in [9.17, 15) is 9.90 Å². The number of rotatable bonds is 8. The van der Waals surface area contributed by atoms with Crippen LogP contribution in [0.4, 0.5) is 4.79 Å². The van der Waals surface area contributed by atoms with E-state index in [0.717, 1.165) is 41.8 Å². The van der Waals surface area contributed by atoms with Crippen molar-refractivity contribution in [2.24, 2.45) is 11.8 Å². The zero-order valence-corrected chi connectivity index (χ0v) is 21.0. The van der Waals surface area contributed by atoms with Crippen molar-refractivity contribution >= 4 is 6.03 Å². The third-order valence-electron chi connectivity index (χ3n) is 8.93. The van der Waals surface area contributed by atoms with Crippen molar-refractivity contribution in [3.63, 3.8) is 0 Å². The van der Waals surface area contributed by atoms with Crippen LogP contribution in [0.1, 0.15) is 69.4 Å². The second-order valence-electron chi connectivity index (χ2n) is 11.2. The normalized spacial score (nSPS) is 27.5. The zero-order valence-electron chi connectivity index (χ0n) is 21.0. The number of benzene rings is 2. The third-order valence-corrected chi connectivity index (χ3v) is 8.93. The molecule has 188 valence electrons. The van der Waals surface area contributed by atoms with Crippen LogP contribution >= 0.6 is 0 Å². The summed E-state index contributed by atoms with van der Waals surface area (Å²) in [5, 5.41) is 18.1. The average Bonchev–Trinajstić information content (AvgIpc) is 3.52. The SMILES string of the molecule is CC(NC(=O)NC1CCC(CCN2CC3CCC2C3)CC1)C(O)(c1ccccc1)c1ccccc1. The molecular weight excluding hydrogens is 434 g/mol. The summed E-state index contributed by atoms with van der Waals surface area (Å²) in [7, 11) is 0. The number of hydrogen-bond acceptors (Lipinski definition) is 3. The van der Waals surface area contributed by atoms with Gasteiger partial charge in [-0.1, -0.05) is 60.7 Å². The molecule has 3 atom stereocenters. The molecule has 5 nitrogen and oxygen atoms in total. The molecule has 2 aromatic carbocycles. The molecule has 3 N–H and O–H groups in total. The second-order valence-corrected chi connectivity index (χ2v) is 11.2. The van der Waals surface area contributed by atoms with E-state index in [1.807, 2.05) is 67.6 Å². The summed E-state index contributed by atoms with van der Waals surface area (Å²) in [6.07, 6.45) is 10.1. The highest BCUT2D eigenvalue weighted by atomic mass is 16.3. The van der Waals surface area contributed by atoms with Gasteiger partial charge in [-0.25, -0.2) is 4.79 Å². The van der Waals surface area contributed by atoms with Crippen LogP contribution in [0.3, 0.4) is 0 Å². The first kappa shape index (κ1) is 24.3. The van der Waals surface area contributed by atoms with Gasteiger partial charge in [0.2, 0.25) is 0 Å². The molecule has 1 aliphatic heterocycles. The molecule has 2 bridgehead atoms. The van der Waals surface area contributed by atoms with Crippen molar-refractivity contribution in [2.45, 2.75) is 82.0 Å². The number of carbonyl (C=O) groups excluding carboxylic acids is 1. The maximum Gasteiger partial charge on any atom is 0.315 e. The Morgan fingerprint density at radius 1 is 0.971 bits per heavy atom. The van der Waals surface area contributed by atoms with Crippen molar-refractivity contribution in [2.75, 3.05) is 13.1 Å². The number of aliphatic hydroxyl groups is 1. The lowest BCUT2D eigenvalue weighted by Crippen LogP contribution is -2.54. The number of hydrogen-bond donors (Lipinski definition) is 3. The van der Waals surface area contributed by atoms with Crippen molar-refractivity contribution < 1.29 is 9.90 Å². The van der Waals surface area contributed by atoms with E-state index in [1.165, 1.54) is 51.6 Å². The molecule has 0 spiro atoms. The van der Waals surface area contributed by atoms with Gasteiger partial charge in [0.05, 0.1) is 6.04 Å². The van der Waals surface area contributed by atoms with Gasteiger partial charge in [0.25, 0.3) is 0 Å². The fourth-order valence-corrected chi connectivity index (χ4v) is 6.82. The lowest BCUT2D eigenvalue weighted by Gasteiger charge is -2.36. The Hall–Kier alpha value is -2.37. The predicted molar refractivity (Wildman–Crippen MR) is 140 cm³/mol. The van der Waals surface area contributed by atoms with Gasteiger partial charge >= 0.3 is 6.03 Å². The van der Waals surface area contributed by atoms with Gasteiger partial charge in [0, 0.05) is 18.6 Å². The third kappa shape index (κ3) is 5.41. The highest BCUT2D eigenvalue weighted by molar-refractivity contribution is 5.75. The lowest BCUT2D eigenvalue weighted by molar-refractivity contribution is 0.0470. The summed E-state index contributed by atoms with van der Waals surface area (Å²) in [6, 6.07) is 19.6. The number of piperidine rings is 1. The largest absolute Gasteiger partial charge is 0.378 e. The summed E-state index contributed by atoms with van der Waals surface area (Å²) in [6.45, 7) is 4.47. The number of nitrogens with one attached hydrogen (secondary N) is 2. The van der Waals surface area contributed by atoms with E-state index in [4.69, 9.17) is 0 Å². The number of likely N-dealkylation sites (tertiary alicyclic amines) is 1. The number of carbonyl (C=O) groups is 1. The van der Waals surface area contributed by atoms with Gasteiger partial charge in [-0.3, -0.25) is 0 Å². The van der Waals surface area contributed by atoms with Crippen LogP contribution in [0.15, 0.2) is 60.7 Å². The van der Waals surface area contributed by atoms with Gasteiger partial charge < -0.3 is 20.6 Å². The fraction of sp³-hybridized carbons (Fsp3) is 0.567. The van der Waals surface area contributed by atoms with Gasteiger partial charge in [-0.15, -0.1) is 0 Å². The maximum absolute atomic E-state index is 12.9. The second kappa shape index (κ2) is 10.7. The molecule has 5 rings (SSSR count). The molecule has 2 aromatic rings. The number of amides is 2. The van der Waals surface area contributed by atoms with Crippen molar-refractivity contribution in [1.29, 1.82) is 0 Å². The summed E-state index contributed by atoms with van der Waals surface area (Å²) in [5.74, 6) is 1.76. The number of urea groups is 1. The summed E-state index contributed by atoms with van der Waals surface area (Å²) in [4.78, 5) is 15.7. The van der Waals surface area contributed by atoms with Crippen LogP contribution in [-0.2, 0) is 5.60 Å². The Morgan fingerprint density at radius 2 is 1.60 bits per heavy atom. The van der Waals surface area contributed by atoms with Crippen LogP contribution in [0.5, 0.6) is 0 Å². The van der Waals surface area contributed by atoms with Crippen molar-refractivity contribution in [3.8, 4) is 0 Å². The van der Waals surface area contributed by atoms with Crippen LogP contribution < -0.4 is 10.6 Å². The fourth-order valence-electron chi connectivity index (χ4n) is 6.82. The first-order valence-electron chi connectivity index (χ1n) is 13.7. The van der Waals surface area contributed by atoms with Crippen molar-refractivity contribution in [1.82, 2.24) is 15.5 Å². The zero-order chi connectivity index (χ0) is 24.3. The predicted octanol–water partition coefficient (Wildman–Crippen LogP) is 5.04. The smallest absolute Gasteiger partial charge is 0.315 e. The van der Waals surface area contributed by atoms with Gasteiger partial charge in [0.15, 0.2) is 0 Å². The Kier molecular flexibility index (Phi) is 7.45. The quantitative estimate of drug-likeness (QED) is 0.501. The standard InChI is InChI=1S/C30H41N3O2/c1-22(30(35,25-8-4-2-5-9-25)26-10-6-3-7-11-26)31-29(34)32-27-15-12-23(13-16-27)18-19-33-21-24-14-17-28(33)20-24/h2-11,22-24,27-28,35H,12-21H2,1H3,(H2,31,32,34). The van der Waals surface area contributed by atoms with Crippen LogP contribution in [0, 0.1) is 11.8 Å². The molecule has 3 aliphatic rings. The molecule has 0 radical (unpaired) electrons. The van der Waals surface area contributed by atoms with Crippen LogP contribution in [0.2, 0.25) is 0 Å². The first-order chi connectivity index (χ1) is 17.0. The molecule has 2 saturated carbocycles. The summed E-state index contributed by atoms with van der Waals surface area (Å²) >= 11 is 0. The van der Waals surface area contributed by atoms with E-state index in [-0.39, 0.29) is 12.1 Å². The van der Waals surface area contributed by atoms with Gasteiger partial charge in [-0.05, 0) is 87.8 Å². The summed E-state index contributed by atoms with van der Waals surface area (Å²) in [5.41, 5.74) is 0.225. The molecule has 1 saturated heterocycles. The molecule has 1 heterocycles. The molecular formula is C30H41N3O2. The van der Waals surface area contributed by atoms with Gasteiger partial charge in [-0.2, -0.15) is 0 Å². The molecule has 3 unspecified atom stereocenters. The summed E-state index contributed by atoms with van der Waals surface area (Å²) < 4.78 is 0. The lowest BCUT2D eigenvalue weighted by atomic mass is 9.81. The molecule has 5 heteroatoms. The molecule has 3 fully saturated rings. The van der Waals surface area contributed by atoms with E-state index in [0.29, 0.717) is 0 Å². The Bertz CT molecular complexity index is 919. The van der Waals surface area contributed by atoms with Crippen LogP contribution in [-0.4, -0.2) is 47.3 Å². The minimum atomic E-state index is -1.31. The van der Waals surface area contributed by atoms with Crippen LogP contribution in [0.25, 0.3) is 0 Å². The van der Waals surface area contributed by atoms with E-state index >= 15 is 0 Å². The van der Waals surface area contributed by atoms with Gasteiger partial charge in [0.1, 0.15) is 5.60 Å². The Balaban J connectivity index is 1.12. The maximum atomic E-state index is 12.9. The Morgan fingerprint density at radius 3 is 2.14 bits per heavy atom. The number of fused-ring (bicyclic) bond motifs is 2. The topological polar surface area (TPSA) is 64.6 Å². The van der Waals surface area contributed by atoms with Crippen molar-refractivity contribution in [3.05, 3.63) is 71.8 Å². The molecule has 2 amide bonds. The van der Waals surface area contributed by atoms with E-state index in [1.54, 1.807) is 0 Å². The minimum Gasteiger partial charge on any atom is -0.378 e. The molecule has 2 aliphatic carbocycles. The Labute approximate surface area is 210 Å². The minimum absolute atomic E-state index is 0.195. The first-order valence-corrected chi connectivity index (χ1v) is 13.7. The highest BCUT2D eigenvalue weighted by Crippen LogP contribution is 2.38.